The lowest BCUT2D eigenvalue weighted by Crippen LogP contribution is -2.64. The van der Waals surface area contributed by atoms with E-state index in [1.165, 1.54) is 59.1 Å². The van der Waals surface area contributed by atoms with Gasteiger partial charge in [0.1, 0.15) is 46.3 Å². The molecule has 8 fully saturated rings. The van der Waals surface area contributed by atoms with Gasteiger partial charge in [0.2, 0.25) is 40.1 Å². The first-order chi connectivity index (χ1) is 68.8. The van der Waals surface area contributed by atoms with Crippen molar-refractivity contribution in [3.8, 4) is 23.0 Å². The highest BCUT2D eigenvalue weighted by atomic mass is 32.2. The molecule has 4 aromatic carbocycles. The smallest absolute Gasteiger partial charge is 0.389 e. The highest BCUT2D eigenvalue weighted by Crippen LogP contribution is 2.43. The summed E-state index contributed by atoms with van der Waals surface area (Å²) in [6, 6.07) is 17.4. The predicted octanol–water partition coefficient (Wildman–Crippen LogP) is 9.16. The minimum absolute atomic E-state index is 0.00468. The molecule has 0 bridgehead atoms. The first-order valence-corrected chi connectivity index (χ1v) is 55.1. The molecule has 38 nitrogen and oxygen atoms in total. The lowest BCUT2D eigenvalue weighted by molar-refractivity contribution is -0.137. The van der Waals surface area contributed by atoms with Crippen molar-refractivity contribution < 1.29 is 146 Å². The van der Waals surface area contributed by atoms with Crippen molar-refractivity contribution in [3.05, 3.63) is 96.1 Å². The maximum atomic E-state index is 14.8. The maximum absolute atomic E-state index is 14.8. The topological polar surface area (TPSA) is 428 Å². The molecule has 8 aliphatic rings. The molecule has 0 aromatic heterocycles. The maximum Gasteiger partial charge on any atom is 0.389 e. The van der Waals surface area contributed by atoms with Crippen molar-refractivity contribution in [2.45, 2.75) is 201 Å². The number of methoxy groups -OCH3 is 2. The van der Waals surface area contributed by atoms with E-state index in [2.05, 4.69) is 23.6 Å². The molecule has 828 valence electrons. The van der Waals surface area contributed by atoms with Crippen LogP contribution in [-0.4, -0.2) is 381 Å². The number of piperidine rings is 4. The summed E-state index contributed by atoms with van der Waals surface area (Å²) in [5, 5.41) is 37.5. The second-order valence-corrected chi connectivity index (χ2v) is 48.3. The van der Waals surface area contributed by atoms with E-state index in [9.17, 15) is 118 Å². The van der Waals surface area contributed by atoms with Gasteiger partial charge in [0.05, 0.1) is 62.4 Å². The zero-order valence-corrected chi connectivity index (χ0v) is 88.1. The number of amides is 4. The number of nitrogens with zero attached hydrogens (tertiary/aromatic N) is 12. The number of likely N-dealkylation sites (tertiary alicyclic amines) is 4. The number of carbonyl (C=O) groups excluding carboxylic acids is 4. The van der Waals surface area contributed by atoms with Crippen LogP contribution in [-0.2, 0) is 68.7 Å². The van der Waals surface area contributed by atoms with E-state index in [0.717, 1.165) is 37.8 Å². The molecule has 0 radical (unpaired) electrons. The van der Waals surface area contributed by atoms with Gasteiger partial charge in [0.15, 0.2) is 19.0 Å². The van der Waals surface area contributed by atoms with Crippen molar-refractivity contribution in [3.63, 3.8) is 0 Å². The van der Waals surface area contributed by atoms with E-state index in [0.29, 0.717) is 115 Å². The molecule has 12 rings (SSSR count). The van der Waals surface area contributed by atoms with Gasteiger partial charge in [-0.1, -0.05) is 26.7 Å². The number of rotatable bonds is 38. The number of ether oxygens (including phenoxy) is 6. The van der Waals surface area contributed by atoms with Gasteiger partial charge in [-0.2, -0.15) is 43.6 Å². The summed E-state index contributed by atoms with van der Waals surface area (Å²) >= 11 is 0. The summed E-state index contributed by atoms with van der Waals surface area (Å²) in [7, 11) is -13.3. The fourth-order valence-electron chi connectivity index (χ4n) is 19.2. The molecule has 4 amide bonds. The Balaban J connectivity index is 0.000000217. The number of hydroxylamine groups is 4. The number of hydrogen-bond acceptors (Lipinski definition) is 30. The highest BCUT2D eigenvalue weighted by Gasteiger charge is 2.60. The van der Waals surface area contributed by atoms with Gasteiger partial charge in [0.25, 0.3) is 23.6 Å². The Morgan fingerprint density at radius 1 is 0.322 bits per heavy atom. The van der Waals surface area contributed by atoms with Gasteiger partial charge in [-0.15, -0.1) is 0 Å². The lowest BCUT2D eigenvalue weighted by atomic mass is 9.91. The Labute approximate surface area is 849 Å². The highest BCUT2D eigenvalue weighted by molar-refractivity contribution is 7.92. The van der Waals surface area contributed by atoms with E-state index in [1.807, 2.05) is 51.3 Å². The molecule has 0 unspecified atom stereocenters. The fourth-order valence-corrected chi connectivity index (χ4v) is 27.7. The molecule has 0 saturated carbocycles. The average Bonchev–Trinajstić information content (AvgIpc) is 0.757. The summed E-state index contributed by atoms with van der Waals surface area (Å²) in [6.45, 7) is 24.5. The van der Waals surface area contributed by atoms with Crippen LogP contribution in [0.1, 0.15) is 158 Å². The number of alkyl halides is 6. The van der Waals surface area contributed by atoms with Crippen molar-refractivity contribution in [2.75, 3.05) is 244 Å². The summed E-state index contributed by atoms with van der Waals surface area (Å²) < 4.78 is 272. The Kier molecular flexibility index (Phi) is 44.1. The molecule has 8 heterocycles. The Morgan fingerprint density at radius 3 is 0.705 bits per heavy atom. The van der Waals surface area contributed by atoms with Crippen molar-refractivity contribution in [1.82, 2.24) is 58.7 Å². The third-order valence-corrected chi connectivity index (χ3v) is 38.8. The van der Waals surface area contributed by atoms with E-state index < -0.39 is 131 Å². The van der Waals surface area contributed by atoms with Crippen LogP contribution >= 0.6 is 0 Å². The molecular weight excluding hydrogens is 2020 g/mol. The molecule has 0 spiro atoms. The van der Waals surface area contributed by atoms with Crippen molar-refractivity contribution >= 4 is 86.5 Å². The third kappa shape index (κ3) is 30.2. The number of hydrogen-bond donors (Lipinski definition) is 8. The summed E-state index contributed by atoms with van der Waals surface area (Å²) in [4.78, 5) is 66.0. The third-order valence-electron chi connectivity index (χ3n) is 28.3. The minimum Gasteiger partial charge on any atom is -0.493 e. The number of anilines is 4. The zero-order valence-electron chi connectivity index (χ0n) is 84.8. The number of benzene rings is 4. The van der Waals surface area contributed by atoms with Gasteiger partial charge < -0.3 is 57.8 Å². The van der Waals surface area contributed by atoms with Crippen LogP contribution in [0.3, 0.4) is 0 Å². The fraction of sp³-hybridized carbons (Fsp3) is 0.702. The molecule has 0 aliphatic carbocycles. The Morgan fingerprint density at radius 2 is 0.527 bits per heavy atom. The van der Waals surface area contributed by atoms with Gasteiger partial charge in [-0.05, 0) is 167 Å². The van der Waals surface area contributed by atoms with Crippen LogP contribution in [0.15, 0.2) is 72.8 Å². The van der Waals surface area contributed by atoms with Crippen LogP contribution < -0.4 is 60.5 Å². The minimum atomic E-state index is -4.28. The van der Waals surface area contributed by atoms with Crippen LogP contribution in [0.5, 0.6) is 23.0 Å². The molecule has 0 atom stereocenters. The predicted molar refractivity (Wildman–Crippen MR) is 526 cm³/mol. The van der Waals surface area contributed by atoms with E-state index in [1.54, 1.807) is 74.5 Å². The summed E-state index contributed by atoms with van der Waals surface area (Å²) in [5.41, 5.74) is 7.13. The quantitative estimate of drug-likeness (QED) is 0.00896. The van der Waals surface area contributed by atoms with Gasteiger partial charge in [-0.25, -0.2) is 73.2 Å². The standard InChI is InChI=1S/C24H36F4N4O5S.C24H39FN4O5S.C23H34F4N4O6S.C23H37FN4O6S/c1-22(2,3)31-10-8-23(9-11-31,21(33)29-34)38(35,36)32-14-12-30(13-15-32)20-6-5-18(17-19(20)25)37-16-4-7-24(26,27)28;1-5-6-17-34-19-7-8-21(20(25)18-19)27-13-15-29(16-14-27)35(32,33)24(22(30)26-31)9-11-28(12-10-24)23(2,3)4;1-36-16-14-29-8-6-22(7-9-29,21(32)28-33)38(34,35)31-12-10-30(11-13-31)20-4-3-18(17-19(20)24)37-15-2-5-23(25,26)27;1-3-4-16-34-19-5-6-21(20(24)18-19)27-11-13-28(14-12-27)35(31,32)23(22(29)25-30)7-9-26(10-8-23)15-17-33-2/h5-6,17,34H,4,7-16H2,1-3H3,(H,29,33);7-8,18,31H,5-6,9-17H2,1-4H3,(H,26,30);3-4,17,33H,2,5-16H2,1H3,(H,28,32);5-6,18,30H,3-4,7-17H2,1-2H3,(H,25,29). The lowest BCUT2D eigenvalue weighted by Gasteiger charge is -2.47. The monoisotopic (exact) mass is 2170 g/mol. The SMILES string of the molecule is CC(C)(C)N1CCC(C(=O)NO)(S(=O)(=O)N2CCN(c3ccc(OCCCC(F)(F)F)cc3F)CC2)CC1.CCCCOc1ccc(N2CCN(S(=O)(=O)C3(C(=O)NO)CCN(C(C)(C)C)CC3)CC2)c(F)c1.CCCCOc1ccc(N2CCN(S(=O)(=O)C3(C(=O)NO)CCN(CCOC)CC3)CC2)c(F)c1.COCCN1CCC(C(=O)NO)(S(=O)(=O)N2CCN(c3ccc(OCCCC(F)(F)F)cc3F)CC2)CC1. The Hall–Kier alpha value is -8.30. The number of piperazine rings is 4. The number of halogens is 10. The van der Waals surface area contributed by atoms with Crippen LogP contribution in [0.25, 0.3) is 0 Å². The molecule has 146 heavy (non-hydrogen) atoms. The van der Waals surface area contributed by atoms with Crippen LogP contribution in [0, 0.1) is 23.3 Å². The number of nitrogens with one attached hydrogen (secondary N) is 4. The number of sulfonamides is 4. The Bertz CT molecular complexity index is 5350. The second kappa shape index (κ2) is 53.1. The second-order valence-electron chi connectivity index (χ2n) is 39.3. The molecule has 8 N–H and O–H groups in total. The molecule has 4 aromatic rings. The van der Waals surface area contributed by atoms with E-state index in [4.69, 9.17) is 28.4 Å². The van der Waals surface area contributed by atoms with Crippen LogP contribution in [0.2, 0.25) is 0 Å². The van der Waals surface area contributed by atoms with E-state index >= 15 is 0 Å². The molecule has 8 aliphatic heterocycles. The number of unbranched alkanes of at least 4 members (excludes halogenated alkanes) is 2. The van der Waals surface area contributed by atoms with Crippen molar-refractivity contribution in [1.29, 1.82) is 0 Å². The first-order valence-electron chi connectivity index (χ1n) is 49.3. The zero-order chi connectivity index (χ0) is 108. The molecular formula is C94H146F10N16O22S4. The average molecular weight is 2170 g/mol. The first kappa shape index (κ1) is 121. The van der Waals surface area contributed by atoms with Gasteiger partial charge in [-0.3, -0.25) is 49.8 Å². The molecule has 8 saturated heterocycles. The largest absolute Gasteiger partial charge is 0.493 e. The summed E-state index contributed by atoms with van der Waals surface area (Å²) in [5.74, 6) is -4.70. The normalized spacial score (nSPS) is 19.7. The van der Waals surface area contributed by atoms with Gasteiger partial charge in [0, 0.05) is 233 Å². The van der Waals surface area contributed by atoms with Gasteiger partial charge >= 0.3 is 12.4 Å². The molecule has 52 heteroatoms. The van der Waals surface area contributed by atoms with E-state index in [-0.39, 0.29) is 216 Å². The van der Waals surface area contributed by atoms with Crippen LogP contribution in [0.4, 0.5) is 66.7 Å². The van der Waals surface area contributed by atoms with Crippen molar-refractivity contribution in [2.24, 2.45) is 0 Å². The number of carbonyl (C=O) groups is 4. The summed E-state index contributed by atoms with van der Waals surface area (Å²) in [6.07, 6.45) is -6.89.